The molecular formula is C11H20N4O2S2. The summed E-state index contributed by atoms with van der Waals surface area (Å²) < 4.78 is 28.9. The highest BCUT2D eigenvalue weighted by Crippen LogP contribution is 2.16. The Morgan fingerprint density at radius 1 is 1.58 bits per heavy atom. The Morgan fingerprint density at radius 3 is 2.53 bits per heavy atom. The van der Waals surface area contributed by atoms with Crippen LogP contribution in [-0.4, -0.2) is 28.5 Å². The molecule has 0 radical (unpaired) electrons. The molecule has 1 rings (SSSR count). The molecule has 1 heterocycles. The molecule has 0 aliphatic rings. The van der Waals surface area contributed by atoms with Gasteiger partial charge in [-0.25, -0.2) is 13.4 Å². The summed E-state index contributed by atoms with van der Waals surface area (Å²) in [6, 6.07) is 0. The third kappa shape index (κ3) is 3.31. The SMILES string of the molecule is CCn1cc(S(=O)(=O)NC(C)(CC)C(N)=S)nc1C. The standard InChI is InChI=1S/C11H20N4O2S2/c1-5-11(4,10(12)18)14-19(16,17)9-7-15(6-2)8(3)13-9/h7,14H,5-6H2,1-4H3,(H2,12,18). The predicted molar refractivity (Wildman–Crippen MR) is 78.4 cm³/mol. The maximum Gasteiger partial charge on any atom is 0.260 e. The minimum Gasteiger partial charge on any atom is -0.392 e. The van der Waals surface area contributed by atoms with E-state index in [9.17, 15) is 8.42 Å². The largest absolute Gasteiger partial charge is 0.392 e. The number of imidazole rings is 1. The second-order valence-corrected chi connectivity index (χ2v) is 6.64. The summed E-state index contributed by atoms with van der Waals surface area (Å²) in [6.07, 6.45) is 1.97. The topological polar surface area (TPSA) is 90.0 Å². The second-order valence-electron chi connectivity index (χ2n) is 4.57. The molecule has 0 aliphatic heterocycles. The van der Waals surface area contributed by atoms with E-state index in [1.54, 1.807) is 18.4 Å². The summed E-state index contributed by atoms with van der Waals surface area (Å²) in [5, 5.41) is -0.0113. The molecular weight excluding hydrogens is 284 g/mol. The Bertz CT molecular complexity index is 580. The molecule has 1 unspecified atom stereocenters. The van der Waals surface area contributed by atoms with Crippen molar-refractivity contribution in [2.45, 2.75) is 51.2 Å². The van der Waals surface area contributed by atoms with Crippen LogP contribution in [0.15, 0.2) is 11.2 Å². The molecule has 1 aromatic heterocycles. The minimum absolute atomic E-state index is 0.0113. The van der Waals surface area contributed by atoms with Gasteiger partial charge in [-0.05, 0) is 27.2 Å². The van der Waals surface area contributed by atoms with Crippen molar-refractivity contribution in [3.05, 3.63) is 12.0 Å². The lowest BCUT2D eigenvalue weighted by Crippen LogP contribution is -2.53. The van der Waals surface area contributed by atoms with Gasteiger partial charge in [0.2, 0.25) is 0 Å². The minimum atomic E-state index is -3.74. The number of thiocarbonyl (C=S) groups is 1. The van der Waals surface area contributed by atoms with E-state index in [2.05, 4.69) is 9.71 Å². The van der Waals surface area contributed by atoms with Gasteiger partial charge in [-0.3, -0.25) is 0 Å². The summed E-state index contributed by atoms with van der Waals surface area (Å²) in [4.78, 5) is 4.18. The Balaban J connectivity index is 3.14. The third-order valence-corrected chi connectivity index (χ3v) is 5.10. The molecule has 3 N–H and O–H groups in total. The highest BCUT2D eigenvalue weighted by atomic mass is 32.2. The van der Waals surface area contributed by atoms with Gasteiger partial charge in [0, 0.05) is 12.7 Å². The Labute approximate surface area is 119 Å². The lowest BCUT2D eigenvalue weighted by atomic mass is 10.0. The fraction of sp³-hybridized carbons (Fsp3) is 0.636. The van der Waals surface area contributed by atoms with Crippen molar-refractivity contribution in [1.82, 2.24) is 14.3 Å². The van der Waals surface area contributed by atoms with E-state index < -0.39 is 15.6 Å². The quantitative estimate of drug-likeness (QED) is 0.764. The third-order valence-electron chi connectivity index (χ3n) is 3.18. The van der Waals surface area contributed by atoms with Crippen LogP contribution in [0.2, 0.25) is 0 Å². The van der Waals surface area contributed by atoms with Crippen molar-refractivity contribution in [3.8, 4) is 0 Å². The van der Waals surface area contributed by atoms with Crippen molar-refractivity contribution in [2.24, 2.45) is 5.73 Å². The van der Waals surface area contributed by atoms with Crippen LogP contribution >= 0.6 is 12.2 Å². The maximum absolute atomic E-state index is 12.3. The van der Waals surface area contributed by atoms with Gasteiger partial charge in [0.05, 0.1) is 10.5 Å². The number of nitrogens with zero attached hydrogens (tertiary/aromatic N) is 2. The molecule has 1 aromatic rings. The van der Waals surface area contributed by atoms with Gasteiger partial charge in [-0.15, -0.1) is 0 Å². The van der Waals surface area contributed by atoms with Crippen LogP contribution in [0.4, 0.5) is 0 Å². The summed E-state index contributed by atoms with van der Waals surface area (Å²) in [7, 11) is -3.74. The molecule has 0 bridgehead atoms. The first-order valence-electron chi connectivity index (χ1n) is 6.04. The molecule has 1 atom stereocenters. The highest BCUT2D eigenvalue weighted by Gasteiger charge is 2.33. The zero-order valence-corrected chi connectivity index (χ0v) is 13.2. The molecule has 0 spiro atoms. The molecule has 0 fully saturated rings. The van der Waals surface area contributed by atoms with Crippen LogP contribution in [0.3, 0.4) is 0 Å². The van der Waals surface area contributed by atoms with Gasteiger partial charge in [0.15, 0.2) is 5.03 Å². The number of sulfonamides is 1. The first kappa shape index (κ1) is 16.1. The Hall–Kier alpha value is -0.990. The van der Waals surface area contributed by atoms with Gasteiger partial charge in [-0.2, -0.15) is 4.72 Å². The van der Waals surface area contributed by atoms with Gasteiger partial charge < -0.3 is 10.3 Å². The first-order chi connectivity index (χ1) is 8.66. The van der Waals surface area contributed by atoms with Crippen molar-refractivity contribution in [2.75, 3.05) is 0 Å². The highest BCUT2D eigenvalue weighted by molar-refractivity contribution is 7.89. The van der Waals surface area contributed by atoms with Crippen LogP contribution in [0.5, 0.6) is 0 Å². The second kappa shape index (κ2) is 5.56. The smallest absolute Gasteiger partial charge is 0.260 e. The predicted octanol–water partition coefficient (Wildman–Crippen LogP) is 0.945. The monoisotopic (exact) mass is 304 g/mol. The molecule has 0 aromatic carbocycles. The normalized spacial score (nSPS) is 15.2. The summed E-state index contributed by atoms with van der Waals surface area (Å²) >= 11 is 4.93. The Kier molecular flexibility index (Phi) is 4.70. The molecule has 0 amide bonds. The molecule has 108 valence electrons. The molecule has 19 heavy (non-hydrogen) atoms. The van der Waals surface area contributed by atoms with Crippen molar-refractivity contribution >= 4 is 27.2 Å². The maximum atomic E-state index is 12.3. The lowest BCUT2D eigenvalue weighted by molar-refractivity contribution is 0.509. The number of aryl methyl sites for hydroxylation is 2. The van der Waals surface area contributed by atoms with Gasteiger partial charge >= 0.3 is 0 Å². The molecule has 0 saturated heterocycles. The summed E-state index contributed by atoms with van der Waals surface area (Å²) in [5.41, 5.74) is 4.66. The lowest BCUT2D eigenvalue weighted by Gasteiger charge is -2.27. The average Bonchev–Trinajstić information content (AvgIpc) is 2.70. The van der Waals surface area contributed by atoms with E-state index in [-0.39, 0.29) is 10.0 Å². The first-order valence-corrected chi connectivity index (χ1v) is 7.93. The number of nitrogens with one attached hydrogen (secondary N) is 1. The van der Waals surface area contributed by atoms with Crippen LogP contribution in [0.25, 0.3) is 0 Å². The van der Waals surface area contributed by atoms with Crippen molar-refractivity contribution in [3.63, 3.8) is 0 Å². The number of hydrogen-bond acceptors (Lipinski definition) is 4. The molecule has 0 saturated carbocycles. The fourth-order valence-corrected chi connectivity index (χ4v) is 3.30. The van der Waals surface area contributed by atoms with E-state index in [4.69, 9.17) is 18.0 Å². The molecule has 0 aliphatic carbocycles. The molecule has 8 heteroatoms. The fourth-order valence-electron chi connectivity index (χ4n) is 1.57. The van der Waals surface area contributed by atoms with E-state index in [0.29, 0.717) is 18.8 Å². The number of rotatable bonds is 6. The van der Waals surface area contributed by atoms with Crippen LogP contribution in [0.1, 0.15) is 33.0 Å². The van der Waals surface area contributed by atoms with E-state index in [1.165, 1.54) is 6.20 Å². The van der Waals surface area contributed by atoms with Crippen LogP contribution in [-0.2, 0) is 16.6 Å². The van der Waals surface area contributed by atoms with Crippen LogP contribution in [0, 0.1) is 6.92 Å². The van der Waals surface area contributed by atoms with Gasteiger partial charge in [0.25, 0.3) is 10.0 Å². The van der Waals surface area contributed by atoms with Gasteiger partial charge in [0.1, 0.15) is 5.82 Å². The zero-order valence-electron chi connectivity index (χ0n) is 11.6. The van der Waals surface area contributed by atoms with Gasteiger partial charge in [-0.1, -0.05) is 19.1 Å². The van der Waals surface area contributed by atoms with E-state index >= 15 is 0 Å². The number of nitrogens with two attached hydrogens (primary N) is 1. The summed E-state index contributed by atoms with van der Waals surface area (Å²) in [6.45, 7) is 7.82. The van der Waals surface area contributed by atoms with E-state index in [0.717, 1.165) is 0 Å². The van der Waals surface area contributed by atoms with Crippen molar-refractivity contribution < 1.29 is 8.42 Å². The number of hydrogen-bond donors (Lipinski definition) is 2. The van der Waals surface area contributed by atoms with E-state index in [1.807, 2.05) is 13.8 Å². The summed E-state index contributed by atoms with van der Waals surface area (Å²) in [5.74, 6) is 0.649. The zero-order chi connectivity index (χ0) is 14.8. The molecule has 6 nitrogen and oxygen atoms in total. The Morgan fingerprint density at radius 2 is 2.16 bits per heavy atom. The van der Waals surface area contributed by atoms with Crippen molar-refractivity contribution in [1.29, 1.82) is 0 Å². The average molecular weight is 304 g/mol. The number of aromatic nitrogens is 2. The van der Waals surface area contributed by atoms with Crippen LogP contribution < -0.4 is 10.5 Å².